The molecule has 2 saturated carbocycles. The number of aryl methyl sites for hydroxylation is 1. The predicted molar refractivity (Wildman–Crippen MR) is 149 cm³/mol. The van der Waals surface area contributed by atoms with Crippen LogP contribution < -0.4 is 5.73 Å². The fourth-order valence-electron chi connectivity index (χ4n) is 8.77. The molecule has 1 amide bonds. The molecule has 39 heavy (non-hydrogen) atoms. The molecule has 8 rings (SSSR count). The SMILES string of the molecule is N#Cc1ccc(CC2[C@H]3C[C@@]2(C2CCCC2)[C@H]2CCc4nc(C(=O)N5CCC(O)CC5)ccc4C2=N3)cc1N. The number of anilines is 1. The Hall–Kier alpha value is -3.24. The number of likely N-dealkylation sites (tertiary alicyclic amines) is 1. The van der Waals surface area contributed by atoms with Gasteiger partial charge >= 0.3 is 0 Å². The lowest BCUT2D eigenvalue weighted by Gasteiger charge is -2.65. The number of nitrogens with zero attached hydrogens (tertiary/aromatic N) is 4. The minimum Gasteiger partial charge on any atom is -0.398 e. The lowest BCUT2D eigenvalue weighted by Crippen LogP contribution is -2.65. The molecule has 0 radical (unpaired) electrons. The van der Waals surface area contributed by atoms with Gasteiger partial charge in [0.25, 0.3) is 5.91 Å². The standard InChI is InChI=1S/C32H37N5O2/c33-18-20-6-5-19(16-26(20)34)15-25-29-17-32(25,21-3-1-2-4-21)24-8-10-27-23(30(24)36-29)7-9-28(35-27)31(39)37-13-11-22(38)12-14-37/h5-7,9,16,21-22,24-25,29,38H,1-4,8,10-15,17,34H2/t24-,25?,29+,32+/m0/s1. The van der Waals surface area contributed by atoms with Crippen molar-refractivity contribution >= 4 is 17.3 Å². The van der Waals surface area contributed by atoms with Gasteiger partial charge in [0.05, 0.1) is 23.4 Å². The first-order chi connectivity index (χ1) is 19.0. The van der Waals surface area contributed by atoms with Crippen molar-refractivity contribution in [2.24, 2.45) is 28.2 Å². The van der Waals surface area contributed by atoms with Crippen molar-refractivity contribution in [3.05, 3.63) is 58.4 Å². The summed E-state index contributed by atoms with van der Waals surface area (Å²) in [5.41, 5.74) is 12.7. The Labute approximate surface area is 230 Å². The lowest BCUT2D eigenvalue weighted by molar-refractivity contribution is -0.0937. The van der Waals surface area contributed by atoms with Crippen LogP contribution in [0.5, 0.6) is 0 Å². The van der Waals surface area contributed by atoms with E-state index in [-0.39, 0.29) is 17.4 Å². The largest absolute Gasteiger partial charge is 0.398 e. The fraction of sp³-hybridized carbons (Fsp3) is 0.562. The minimum atomic E-state index is -0.302. The van der Waals surface area contributed by atoms with Crippen LogP contribution in [0.4, 0.5) is 5.69 Å². The van der Waals surface area contributed by atoms with E-state index in [1.54, 1.807) is 0 Å². The average molecular weight is 524 g/mol. The molecular formula is C32H37N5O2. The maximum Gasteiger partial charge on any atom is 0.272 e. The highest BCUT2D eigenvalue weighted by Crippen LogP contribution is 2.67. The monoisotopic (exact) mass is 523 g/mol. The predicted octanol–water partition coefficient (Wildman–Crippen LogP) is 4.31. The second-order valence-corrected chi connectivity index (χ2v) is 12.5. The number of benzene rings is 1. The summed E-state index contributed by atoms with van der Waals surface area (Å²) in [4.78, 5) is 25.3. The van der Waals surface area contributed by atoms with Gasteiger partial charge < -0.3 is 15.7 Å². The maximum absolute atomic E-state index is 13.2. The highest BCUT2D eigenvalue weighted by molar-refractivity contribution is 6.06. The number of nitriles is 1. The first-order valence-electron chi connectivity index (χ1n) is 14.8. The van der Waals surface area contributed by atoms with E-state index in [1.165, 1.54) is 43.4 Å². The topological polar surface area (TPSA) is 116 Å². The zero-order valence-corrected chi connectivity index (χ0v) is 22.5. The summed E-state index contributed by atoms with van der Waals surface area (Å²) < 4.78 is 0. The number of nitrogen functional groups attached to an aromatic ring is 1. The number of aliphatic imine (C=N–C) groups is 1. The average Bonchev–Trinajstić information content (AvgIpc) is 3.50. The van der Waals surface area contributed by atoms with E-state index >= 15 is 0 Å². The van der Waals surface area contributed by atoms with Crippen LogP contribution in [0.15, 0.2) is 35.3 Å². The molecule has 4 atom stereocenters. The van der Waals surface area contributed by atoms with Gasteiger partial charge in [0.2, 0.25) is 0 Å². The number of rotatable bonds is 4. The molecule has 4 heterocycles. The van der Waals surface area contributed by atoms with Gasteiger partial charge in [-0.25, -0.2) is 4.98 Å². The lowest BCUT2D eigenvalue weighted by atomic mass is 9.41. The van der Waals surface area contributed by atoms with Crippen molar-refractivity contribution < 1.29 is 9.90 Å². The molecule has 3 N–H and O–H groups in total. The van der Waals surface area contributed by atoms with Crippen LogP contribution in [0.25, 0.3) is 0 Å². The molecular weight excluding hydrogens is 486 g/mol. The van der Waals surface area contributed by atoms with Crippen LogP contribution in [0.3, 0.4) is 0 Å². The Bertz CT molecular complexity index is 1380. The number of amides is 1. The van der Waals surface area contributed by atoms with E-state index in [0.29, 0.717) is 60.8 Å². The molecule has 0 spiro atoms. The molecule has 1 aromatic heterocycles. The number of pyridine rings is 1. The molecule has 2 aromatic rings. The number of nitrogens with two attached hydrogens (primary N) is 1. The molecule has 1 saturated heterocycles. The van der Waals surface area contributed by atoms with Crippen molar-refractivity contribution in [1.29, 1.82) is 5.26 Å². The third kappa shape index (κ3) is 3.90. The summed E-state index contributed by atoms with van der Waals surface area (Å²) in [5.74, 6) is 1.65. The number of hydrogen-bond donors (Lipinski definition) is 2. The number of aliphatic hydroxyl groups is 1. The Morgan fingerprint density at radius 3 is 2.67 bits per heavy atom. The number of hydrogen-bond acceptors (Lipinski definition) is 6. The highest BCUT2D eigenvalue weighted by atomic mass is 16.3. The Balaban J connectivity index is 1.19. The first-order valence-corrected chi connectivity index (χ1v) is 14.8. The molecule has 6 aliphatic rings. The van der Waals surface area contributed by atoms with Crippen molar-refractivity contribution in [2.45, 2.75) is 76.4 Å². The summed E-state index contributed by atoms with van der Waals surface area (Å²) in [6.07, 6.45) is 10.3. The third-order valence-corrected chi connectivity index (χ3v) is 10.7. The third-order valence-electron chi connectivity index (χ3n) is 10.7. The van der Waals surface area contributed by atoms with Gasteiger partial charge in [-0.05, 0) is 98.4 Å². The van der Waals surface area contributed by atoms with Crippen LogP contribution >= 0.6 is 0 Å². The molecule has 1 unspecified atom stereocenters. The second kappa shape index (κ2) is 9.45. The Morgan fingerprint density at radius 2 is 1.92 bits per heavy atom. The number of aromatic nitrogens is 1. The summed E-state index contributed by atoms with van der Waals surface area (Å²) in [5, 5.41) is 19.1. The van der Waals surface area contributed by atoms with Crippen LogP contribution in [0, 0.1) is 34.5 Å². The number of carbonyl (C=O) groups is 1. The molecule has 3 aliphatic carbocycles. The van der Waals surface area contributed by atoms with Gasteiger partial charge in [-0.2, -0.15) is 5.26 Å². The van der Waals surface area contributed by atoms with Crippen LogP contribution in [0.2, 0.25) is 0 Å². The van der Waals surface area contributed by atoms with Gasteiger partial charge in [0, 0.05) is 36.0 Å². The van der Waals surface area contributed by atoms with Crippen molar-refractivity contribution in [1.82, 2.24) is 9.88 Å². The van der Waals surface area contributed by atoms with E-state index in [1.807, 2.05) is 23.1 Å². The normalized spacial score (nSPS) is 30.1. The molecule has 2 bridgehead atoms. The van der Waals surface area contributed by atoms with Crippen LogP contribution in [-0.4, -0.2) is 51.8 Å². The number of carbonyl (C=O) groups excluding carboxylic acids is 1. The van der Waals surface area contributed by atoms with Gasteiger partial charge in [-0.15, -0.1) is 0 Å². The Kier molecular flexibility index (Phi) is 6.00. The minimum absolute atomic E-state index is 0.0237. The summed E-state index contributed by atoms with van der Waals surface area (Å²) >= 11 is 0. The Morgan fingerprint density at radius 1 is 1.13 bits per heavy atom. The summed E-state index contributed by atoms with van der Waals surface area (Å²) in [6, 6.07) is 12.5. The van der Waals surface area contributed by atoms with Crippen molar-refractivity contribution in [2.75, 3.05) is 18.8 Å². The second-order valence-electron chi connectivity index (χ2n) is 12.5. The molecule has 3 fully saturated rings. The molecule has 7 nitrogen and oxygen atoms in total. The molecule has 7 heteroatoms. The highest BCUT2D eigenvalue weighted by Gasteiger charge is 2.65. The number of piperidine rings is 1. The number of fused-ring (bicyclic) bond motifs is 1. The van der Waals surface area contributed by atoms with Crippen LogP contribution in [0.1, 0.15) is 84.2 Å². The van der Waals surface area contributed by atoms with Gasteiger partial charge in [0.1, 0.15) is 11.8 Å². The van der Waals surface area contributed by atoms with Gasteiger partial charge in [-0.1, -0.05) is 18.9 Å². The first kappa shape index (κ1) is 24.8. The van der Waals surface area contributed by atoms with Gasteiger partial charge in [0.15, 0.2) is 0 Å². The smallest absolute Gasteiger partial charge is 0.272 e. The van der Waals surface area contributed by atoms with E-state index in [2.05, 4.69) is 18.2 Å². The van der Waals surface area contributed by atoms with E-state index in [9.17, 15) is 15.2 Å². The number of aliphatic hydroxyl groups excluding tert-OH is 1. The molecule has 202 valence electrons. The zero-order valence-electron chi connectivity index (χ0n) is 22.5. The van der Waals surface area contributed by atoms with E-state index < -0.39 is 0 Å². The molecule has 1 aromatic carbocycles. The maximum atomic E-state index is 13.2. The van der Waals surface area contributed by atoms with Crippen LogP contribution in [-0.2, 0) is 12.8 Å². The van der Waals surface area contributed by atoms with Crippen molar-refractivity contribution in [3.8, 4) is 6.07 Å². The van der Waals surface area contributed by atoms with Gasteiger partial charge in [-0.3, -0.25) is 9.79 Å². The van der Waals surface area contributed by atoms with E-state index in [0.717, 1.165) is 36.4 Å². The zero-order chi connectivity index (χ0) is 26.7. The van der Waals surface area contributed by atoms with Crippen molar-refractivity contribution in [3.63, 3.8) is 0 Å². The fourth-order valence-corrected chi connectivity index (χ4v) is 8.77. The molecule has 3 aliphatic heterocycles. The quantitative estimate of drug-likeness (QED) is 0.580. The van der Waals surface area contributed by atoms with E-state index in [4.69, 9.17) is 15.7 Å². The summed E-state index contributed by atoms with van der Waals surface area (Å²) in [6.45, 7) is 1.18. The summed E-state index contributed by atoms with van der Waals surface area (Å²) in [7, 11) is 0.